The van der Waals surface area contributed by atoms with Crippen LogP contribution in [0.4, 0.5) is 4.39 Å². The maximum absolute atomic E-state index is 14.2. The average Bonchev–Trinajstić information content (AvgIpc) is 3.00. The Labute approximate surface area is 126 Å². The third-order valence-corrected chi connectivity index (χ3v) is 3.56. The van der Waals surface area contributed by atoms with Crippen molar-refractivity contribution in [2.75, 3.05) is 26.3 Å². The van der Waals surface area contributed by atoms with E-state index in [0.717, 1.165) is 13.1 Å². The highest BCUT2D eigenvalue weighted by molar-refractivity contribution is 5.86. The zero-order valence-corrected chi connectivity index (χ0v) is 11.8. The first-order valence-corrected chi connectivity index (χ1v) is 6.92. The van der Waals surface area contributed by atoms with Gasteiger partial charge < -0.3 is 14.4 Å². The second-order valence-corrected chi connectivity index (χ2v) is 5.08. The van der Waals surface area contributed by atoms with Crippen LogP contribution in [0.25, 0.3) is 11.3 Å². The summed E-state index contributed by atoms with van der Waals surface area (Å²) in [5.41, 5.74) is 0.847. The Morgan fingerprint density at radius 1 is 1.32 bits per heavy atom. The first kappa shape index (κ1) is 14.7. The molecule has 2 aromatic rings. The van der Waals surface area contributed by atoms with E-state index in [1.165, 1.54) is 12.1 Å². The predicted molar refractivity (Wildman–Crippen MR) is 75.0 cm³/mol. The summed E-state index contributed by atoms with van der Waals surface area (Å²) in [5.74, 6) is -1.30. The number of aromatic nitrogens is 1. The number of carboxylic acid groups (broad SMARTS) is 1. The molecule has 0 atom stereocenters. The van der Waals surface area contributed by atoms with Crippen molar-refractivity contribution in [1.82, 2.24) is 10.1 Å². The molecule has 1 aliphatic rings. The molecule has 0 unspecified atom stereocenters. The number of carboxylic acids is 1. The fraction of sp³-hybridized carbons (Fsp3) is 0.333. The van der Waals surface area contributed by atoms with Crippen LogP contribution in [0.15, 0.2) is 28.8 Å². The molecule has 116 valence electrons. The van der Waals surface area contributed by atoms with Crippen molar-refractivity contribution < 1.29 is 23.6 Å². The molecule has 1 aromatic heterocycles. The van der Waals surface area contributed by atoms with Crippen LogP contribution >= 0.6 is 0 Å². The number of ether oxygens (including phenoxy) is 1. The predicted octanol–water partition coefficient (Wildman–Crippen LogP) is 2.01. The van der Waals surface area contributed by atoms with Crippen LogP contribution in [0.5, 0.6) is 0 Å². The van der Waals surface area contributed by atoms with Gasteiger partial charge in [0.25, 0.3) is 0 Å². The Hall–Kier alpha value is -2.25. The minimum absolute atomic E-state index is 0.201. The number of nitrogens with zero attached hydrogens (tertiary/aromatic N) is 2. The van der Waals surface area contributed by atoms with Gasteiger partial charge in [0.15, 0.2) is 11.5 Å². The highest BCUT2D eigenvalue weighted by Gasteiger charge is 2.16. The maximum atomic E-state index is 14.2. The highest BCUT2D eigenvalue weighted by Crippen LogP contribution is 2.23. The number of carbonyl (C=O) groups is 1. The lowest BCUT2D eigenvalue weighted by molar-refractivity contribution is 0.0337. The van der Waals surface area contributed by atoms with Crippen LogP contribution in [-0.4, -0.2) is 47.4 Å². The SMILES string of the molecule is O=C(O)c1cc(-c2ccc(CN3CCOCC3)c(F)c2)on1. The fourth-order valence-electron chi connectivity index (χ4n) is 2.34. The quantitative estimate of drug-likeness (QED) is 0.931. The molecule has 0 saturated carbocycles. The Kier molecular flexibility index (Phi) is 4.17. The molecule has 1 aliphatic heterocycles. The number of hydrogen-bond acceptors (Lipinski definition) is 5. The van der Waals surface area contributed by atoms with E-state index < -0.39 is 5.97 Å². The zero-order valence-electron chi connectivity index (χ0n) is 11.8. The van der Waals surface area contributed by atoms with Gasteiger partial charge in [-0.15, -0.1) is 0 Å². The standard InChI is InChI=1S/C15H15FN2O4/c16-12-7-10(14-8-13(15(19)20)17-22-14)1-2-11(12)9-18-3-5-21-6-4-18/h1-2,7-8H,3-6,9H2,(H,19,20). The number of hydrogen-bond donors (Lipinski definition) is 1. The third-order valence-electron chi connectivity index (χ3n) is 3.56. The number of benzene rings is 1. The Morgan fingerprint density at radius 2 is 2.09 bits per heavy atom. The second kappa shape index (κ2) is 6.25. The van der Waals surface area contributed by atoms with Gasteiger partial charge in [0.1, 0.15) is 5.82 Å². The van der Waals surface area contributed by atoms with Gasteiger partial charge in [-0.05, 0) is 6.07 Å². The largest absolute Gasteiger partial charge is 0.476 e. The van der Waals surface area contributed by atoms with Crippen molar-refractivity contribution in [3.8, 4) is 11.3 Å². The van der Waals surface area contributed by atoms with E-state index in [9.17, 15) is 9.18 Å². The average molecular weight is 306 g/mol. The summed E-state index contributed by atoms with van der Waals surface area (Å²) in [6, 6.07) is 5.99. The van der Waals surface area contributed by atoms with E-state index in [0.29, 0.717) is 30.9 Å². The van der Waals surface area contributed by atoms with Crippen LogP contribution in [0.3, 0.4) is 0 Å². The molecule has 0 aliphatic carbocycles. The van der Waals surface area contributed by atoms with Crippen molar-refractivity contribution in [1.29, 1.82) is 0 Å². The molecule has 0 radical (unpaired) electrons. The summed E-state index contributed by atoms with van der Waals surface area (Å²) in [6.07, 6.45) is 0. The van der Waals surface area contributed by atoms with E-state index in [4.69, 9.17) is 14.4 Å². The Balaban J connectivity index is 1.77. The summed E-state index contributed by atoms with van der Waals surface area (Å²) in [4.78, 5) is 12.9. The monoisotopic (exact) mass is 306 g/mol. The third kappa shape index (κ3) is 3.15. The number of aromatic carboxylic acids is 1. The molecular formula is C15H15FN2O4. The van der Waals surface area contributed by atoms with Gasteiger partial charge in [0.2, 0.25) is 0 Å². The van der Waals surface area contributed by atoms with Crippen LogP contribution < -0.4 is 0 Å². The van der Waals surface area contributed by atoms with Crippen LogP contribution in [0.1, 0.15) is 16.1 Å². The molecule has 7 heteroatoms. The molecule has 6 nitrogen and oxygen atoms in total. The van der Waals surface area contributed by atoms with E-state index in [2.05, 4.69) is 10.1 Å². The second-order valence-electron chi connectivity index (χ2n) is 5.08. The minimum atomic E-state index is -1.18. The van der Waals surface area contributed by atoms with Gasteiger partial charge >= 0.3 is 5.97 Å². The molecule has 1 N–H and O–H groups in total. The van der Waals surface area contributed by atoms with Crippen molar-refractivity contribution in [3.05, 3.63) is 41.3 Å². The normalized spacial score (nSPS) is 15.9. The summed E-state index contributed by atoms with van der Waals surface area (Å²) in [6.45, 7) is 3.41. The smallest absolute Gasteiger partial charge is 0.358 e. The van der Waals surface area contributed by atoms with E-state index >= 15 is 0 Å². The highest BCUT2D eigenvalue weighted by atomic mass is 19.1. The molecular weight excluding hydrogens is 291 g/mol. The summed E-state index contributed by atoms with van der Waals surface area (Å²) >= 11 is 0. The van der Waals surface area contributed by atoms with Gasteiger partial charge in [-0.2, -0.15) is 0 Å². The van der Waals surface area contributed by atoms with Crippen LogP contribution in [0, 0.1) is 5.82 Å². The van der Waals surface area contributed by atoms with Gasteiger partial charge in [0.05, 0.1) is 13.2 Å². The van der Waals surface area contributed by atoms with E-state index in [1.807, 2.05) is 0 Å². The van der Waals surface area contributed by atoms with Gasteiger partial charge in [-0.25, -0.2) is 9.18 Å². The van der Waals surface area contributed by atoms with Gasteiger partial charge in [0, 0.05) is 36.8 Å². The van der Waals surface area contributed by atoms with Crippen molar-refractivity contribution in [3.63, 3.8) is 0 Å². The molecule has 0 bridgehead atoms. The van der Waals surface area contributed by atoms with E-state index in [-0.39, 0.29) is 17.3 Å². The molecule has 2 heterocycles. The lowest BCUT2D eigenvalue weighted by atomic mass is 10.1. The number of halogens is 1. The summed E-state index contributed by atoms with van der Waals surface area (Å²) in [5, 5.41) is 12.2. The molecule has 1 saturated heterocycles. The lowest BCUT2D eigenvalue weighted by Crippen LogP contribution is -2.35. The Bertz CT molecular complexity index is 680. The fourth-order valence-corrected chi connectivity index (χ4v) is 2.34. The first-order valence-electron chi connectivity index (χ1n) is 6.92. The molecule has 3 rings (SSSR count). The van der Waals surface area contributed by atoms with Crippen molar-refractivity contribution in [2.45, 2.75) is 6.54 Å². The number of morpholine rings is 1. The topological polar surface area (TPSA) is 75.8 Å². The molecule has 0 amide bonds. The maximum Gasteiger partial charge on any atom is 0.358 e. The number of rotatable bonds is 4. The zero-order chi connectivity index (χ0) is 15.5. The lowest BCUT2D eigenvalue weighted by Gasteiger charge is -2.26. The van der Waals surface area contributed by atoms with Gasteiger partial charge in [-0.1, -0.05) is 17.3 Å². The van der Waals surface area contributed by atoms with Gasteiger partial charge in [-0.3, -0.25) is 4.90 Å². The molecule has 22 heavy (non-hydrogen) atoms. The molecule has 1 fully saturated rings. The van der Waals surface area contributed by atoms with Crippen molar-refractivity contribution in [2.24, 2.45) is 0 Å². The van der Waals surface area contributed by atoms with E-state index in [1.54, 1.807) is 12.1 Å². The summed E-state index contributed by atoms with van der Waals surface area (Å²) < 4.78 is 24.4. The van der Waals surface area contributed by atoms with Crippen molar-refractivity contribution >= 4 is 5.97 Å². The molecule has 1 aromatic carbocycles. The summed E-state index contributed by atoms with van der Waals surface area (Å²) in [7, 11) is 0. The molecule has 0 spiro atoms. The Morgan fingerprint density at radius 3 is 2.73 bits per heavy atom. The van der Waals surface area contributed by atoms with Crippen LogP contribution in [0.2, 0.25) is 0 Å². The van der Waals surface area contributed by atoms with Crippen LogP contribution in [-0.2, 0) is 11.3 Å². The first-order chi connectivity index (χ1) is 10.6. The minimum Gasteiger partial charge on any atom is -0.476 e.